The topological polar surface area (TPSA) is 63.8 Å². The van der Waals surface area contributed by atoms with Gasteiger partial charge in [-0.2, -0.15) is 0 Å². The summed E-state index contributed by atoms with van der Waals surface area (Å²) >= 11 is 5.85. The third-order valence-corrected chi connectivity index (χ3v) is 3.48. The Hall–Kier alpha value is -1.81. The molecule has 0 amide bonds. The summed E-state index contributed by atoms with van der Waals surface area (Å²) in [7, 11) is 0. The largest absolute Gasteiger partial charge is 0.393 e. The molecule has 92 valence electrons. The molecule has 0 radical (unpaired) electrons. The van der Waals surface area contributed by atoms with Gasteiger partial charge in [0.05, 0.1) is 0 Å². The monoisotopic (exact) mass is 260 g/mol. The zero-order chi connectivity index (χ0) is 12.5. The zero-order valence-corrected chi connectivity index (χ0v) is 10.4. The molecule has 5 heteroatoms. The van der Waals surface area contributed by atoms with Gasteiger partial charge in [-0.1, -0.05) is 41.9 Å². The fraction of sp³-hybridized carbons (Fsp3) is 0.231. The molecule has 4 nitrogen and oxygen atoms in total. The van der Waals surface area contributed by atoms with Gasteiger partial charge in [0, 0.05) is 12.0 Å². The predicted molar refractivity (Wildman–Crippen MR) is 72.7 cm³/mol. The molecule has 0 bridgehead atoms. The van der Waals surface area contributed by atoms with Crippen LogP contribution < -0.4 is 11.1 Å². The SMILES string of the molecule is Nc1c(Cl)ncnc1NC1CC1c1ccccc1. The summed E-state index contributed by atoms with van der Waals surface area (Å²) in [6.45, 7) is 0. The number of halogens is 1. The molecule has 1 heterocycles. The fourth-order valence-corrected chi connectivity index (χ4v) is 2.22. The molecule has 2 unspecified atom stereocenters. The van der Waals surface area contributed by atoms with E-state index >= 15 is 0 Å². The van der Waals surface area contributed by atoms with Gasteiger partial charge >= 0.3 is 0 Å². The van der Waals surface area contributed by atoms with Crippen molar-refractivity contribution in [2.75, 3.05) is 11.1 Å². The summed E-state index contributed by atoms with van der Waals surface area (Å²) < 4.78 is 0. The highest BCUT2D eigenvalue weighted by molar-refractivity contribution is 6.32. The van der Waals surface area contributed by atoms with Crippen molar-refractivity contribution in [1.29, 1.82) is 0 Å². The number of nitrogens with one attached hydrogen (secondary N) is 1. The Balaban J connectivity index is 1.71. The van der Waals surface area contributed by atoms with Gasteiger partial charge in [0.2, 0.25) is 0 Å². The van der Waals surface area contributed by atoms with Gasteiger partial charge in [0.25, 0.3) is 0 Å². The molecule has 1 aliphatic carbocycles. The van der Waals surface area contributed by atoms with Crippen LogP contribution in [0.5, 0.6) is 0 Å². The number of anilines is 2. The molecular formula is C13H13ClN4. The lowest BCUT2D eigenvalue weighted by Crippen LogP contribution is -2.09. The minimum Gasteiger partial charge on any atom is -0.393 e. The average Bonchev–Trinajstić information content (AvgIpc) is 3.15. The Kier molecular flexibility index (Phi) is 2.80. The van der Waals surface area contributed by atoms with E-state index in [1.165, 1.54) is 11.9 Å². The first-order valence-corrected chi connectivity index (χ1v) is 6.21. The van der Waals surface area contributed by atoms with E-state index in [4.69, 9.17) is 17.3 Å². The Morgan fingerprint density at radius 3 is 2.78 bits per heavy atom. The Labute approximate surface area is 110 Å². The van der Waals surface area contributed by atoms with E-state index in [2.05, 4.69) is 39.6 Å². The third kappa shape index (κ3) is 2.11. The Morgan fingerprint density at radius 1 is 1.22 bits per heavy atom. The maximum Gasteiger partial charge on any atom is 0.157 e. The van der Waals surface area contributed by atoms with Crippen LogP contribution in [-0.4, -0.2) is 16.0 Å². The Morgan fingerprint density at radius 2 is 2.00 bits per heavy atom. The standard InChI is InChI=1S/C13H13ClN4/c14-12-11(15)13(17-7-16-12)18-10-6-9(10)8-4-2-1-3-5-8/h1-5,7,9-10H,6,15H2,(H,16,17,18). The van der Waals surface area contributed by atoms with Crippen molar-refractivity contribution in [3.63, 3.8) is 0 Å². The van der Waals surface area contributed by atoms with Crippen molar-refractivity contribution < 1.29 is 0 Å². The number of hydrogen-bond acceptors (Lipinski definition) is 4. The maximum atomic E-state index is 5.85. The van der Waals surface area contributed by atoms with Crippen molar-refractivity contribution in [3.05, 3.63) is 47.4 Å². The molecule has 2 aromatic rings. The minimum absolute atomic E-state index is 0.296. The van der Waals surface area contributed by atoms with Crippen LogP contribution in [0, 0.1) is 0 Å². The lowest BCUT2D eigenvalue weighted by atomic mass is 10.1. The van der Waals surface area contributed by atoms with Crippen LogP contribution in [0.3, 0.4) is 0 Å². The van der Waals surface area contributed by atoms with E-state index in [0.29, 0.717) is 28.6 Å². The first kappa shape index (κ1) is 11.3. The highest BCUT2D eigenvalue weighted by Gasteiger charge is 2.38. The normalized spacial score (nSPS) is 21.6. The number of rotatable bonds is 3. The van der Waals surface area contributed by atoms with Gasteiger partial charge in [-0.25, -0.2) is 9.97 Å². The number of hydrogen-bond donors (Lipinski definition) is 2. The summed E-state index contributed by atoms with van der Waals surface area (Å²) in [6, 6.07) is 10.8. The van der Waals surface area contributed by atoms with Gasteiger partial charge in [0.1, 0.15) is 12.0 Å². The van der Waals surface area contributed by atoms with Crippen LogP contribution in [0.25, 0.3) is 0 Å². The number of nitrogen functional groups attached to an aromatic ring is 1. The summed E-state index contributed by atoms with van der Waals surface area (Å²) in [4.78, 5) is 7.95. The van der Waals surface area contributed by atoms with Crippen LogP contribution >= 0.6 is 11.6 Å². The minimum atomic E-state index is 0.296. The highest BCUT2D eigenvalue weighted by atomic mass is 35.5. The molecular weight excluding hydrogens is 248 g/mol. The first-order chi connectivity index (χ1) is 8.75. The van der Waals surface area contributed by atoms with Crippen LogP contribution in [0.2, 0.25) is 5.15 Å². The van der Waals surface area contributed by atoms with Gasteiger partial charge < -0.3 is 11.1 Å². The van der Waals surface area contributed by atoms with Crippen LogP contribution in [0.1, 0.15) is 17.9 Å². The maximum absolute atomic E-state index is 5.85. The van der Waals surface area contributed by atoms with Crippen molar-refractivity contribution in [2.45, 2.75) is 18.4 Å². The van der Waals surface area contributed by atoms with Crippen molar-refractivity contribution in [3.8, 4) is 0 Å². The molecule has 2 atom stereocenters. The van der Waals surface area contributed by atoms with E-state index in [-0.39, 0.29) is 0 Å². The Bertz CT molecular complexity index is 558. The van der Waals surface area contributed by atoms with E-state index in [1.54, 1.807) is 0 Å². The van der Waals surface area contributed by atoms with Crippen LogP contribution in [-0.2, 0) is 0 Å². The number of nitrogens with two attached hydrogens (primary N) is 1. The van der Waals surface area contributed by atoms with E-state index in [1.807, 2.05) is 6.07 Å². The molecule has 0 spiro atoms. The first-order valence-electron chi connectivity index (χ1n) is 5.83. The average molecular weight is 261 g/mol. The van der Waals surface area contributed by atoms with Gasteiger partial charge in [-0.15, -0.1) is 0 Å². The molecule has 0 saturated heterocycles. The zero-order valence-electron chi connectivity index (χ0n) is 9.68. The van der Waals surface area contributed by atoms with Crippen LogP contribution in [0.15, 0.2) is 36.7 Å². The molecule has 3 rings (SSSR count). The highest BCUT2D eigenvalue weighted by Crippen LogP contribution is 2.43. The van der Waals surface area contributed by atoms with E-state index in [0.717, 1.165) is 6.42 Å². The quantitative estimate of drug-likeness (QED) is 0.833. The number of aromatic nitrogens is 2. The lowest BCUT2D eigenvalue weighted by Gasteiger charge is -2.08. The molecule has 3 N–H and O–H groups in total. The summed E-state index contributed by atoms with van der Waals surface area (Å²) in [5, 5.41) is 3.61. The van der Waals surface area contributed by atoms with Gasteiger partial charge in [0.15, 0.2) is 11.0 Å². The predicted octanol–water partition coefficient (Wildman–Crippen LogP) is 2.68. The van der Waals surface area contributed by atoms with Crippen LogP contribution in [0.4, 0.5) is 11.5 Å². The van der Waals surface area contributed by atoms with Crippen molar-refractivity contribution >= 4 is 23.1 Å². The third-order valence-electron chi connectivity index (χ3n) is 3.18. The summed E-state index contributed by atoms with van der Waals surface area (Å²) in [5.41, 5.74) is 7.58. The molecule has 1 aliphatic rings. The smallest absolute Gasteiger partial charge is 0.157 e. The number of nitrogens with zero attached hydrogens (tertiary/aromatic N) is 2. The second kappa shape index (κ2) is 4.46. The summed E-state index contributed by atoms with van der Waals surface area (Å²) in [6.07, 6.45) is 2.51. The van der Waals surface area contributed by atoms with E-state index < -0.39 is 0 Å². The second-order valence-corrected chi connectivity index (χ2v) is 4.79. The molecule has 1 aromatic heterocycles. The van der Waals surface area contributed by atoms with Gasteiger partial charge in [-0.3, -0.25) is 0 Å². The van der Waals surface area contributed by atoms with Crippen molar-refractivity contribution in [2.24, 2.45) is 0 Å². The molecule has 1 saturated carbocycles. The lowest BCUT2D eigenvalue weighted by molar-refractivity contribution is 1.02. The van der Waals surface area contributed by atoms with Gasteiger partial charge in [-0.05, 0) is 12.0 Å². The molecule has 1 fully saturated rings. The number of benzene rings is 1. The van der Waals surface area contributed by atoms with E-state index in [9.17, 15) is 0 Å². The molecule has 1 aromatic carbocycles. The molecule has 18 heavy (non-hydrogen) atoms. The molecule has 0 aliphatic heterocycles. The second-order valence-electron chi connectivity index (χ2n) is 4.43. The van der Waals surface area contributed by atoms with Crippen molar-refractivity contribution in [1.82, 2.24) is 9.97 Å². The summed E-state index contributed by atoms with van der Waals surface area (Å²) in [5.74, 6) is 1.15. The fourth-order valence-electron chi connectivity index (χ4n) is 2.09.